The maximum atomic E-state index is 12.6. The number of hydrogen-bond acceptors (Lipinski definition) is 4. The fourth-order valence-electron chi connectivity index (χ4n) is 0.680. The van der Waals surface area contributed by atoms with Gasteiger partial charge in [0.1, 0.15) is 6.33 Å². The number of nitrogens with two attached hydrogens (primary N) is 1. The van der Waals surface area contributed by atoms with Gasteiger partial charge in [0.25, 0.3) is 11.8 Å². The quantitative estimate of drug-likeness (QED) is 0.595. The van der Waals surface area contributed by atoms with Crippen LogP contribution >= 0.6 is 0 Å². The number of alkyl halides is 2. The molecule has 0 spiro atoms. The lowest BCUT2D eigenvalue weighted by Crippen LogP contribution is -2.41. The minimum Gasteiger partial charge on any atom is -0.343 e. The molecule has 1 heterocycles. The first-order valence-corrected chi connectivity index (χ1v) is 3.76. The predicted octanol–water partition coefficient (Wildman–Crippen LogP) is -0.872. The zero-order valence-electron chi connectivity index (χ0n) is 7.13. The standard InChI is InChI=1S/C6H9F2N5O/c7-6(8,1-9)2-10-5(14)4-11-3-12-13-4/h3H,1-2,9H2,(H,10,14)(H,11,12,13). The molecule has 6 nitrogen and oxygen atoms in total. The first kappa shape index (κ1) is 10.5. The molecule has 0 aliphatic heterocycles. The molecule has 78 valence electrons. The third-order valence-corrected chi connectivity index (χ3v) is 1.44. The highest BCUT2D eigenvalue weighted by atomic mass is 19.3. The summed E-state index contributed by atoms with van der Waals surface area (Å²) in [4.78, 5) is 14.5. The lowest BCUT2D eigenvalue weighted by atomic mass is 10.3. The molecule has 0 fully saturated rings. The van der Waals surface area contributed by atoms with Crippen LogP contribution in [-0.2, 0) is 0 Å². The Morgan fingerprint density at radius 1 is 1.71 bits per heavy atom. The average Bonchev–Trinajstić information content (AvgIpc) is 2.67. The number of halogens is 2. The number of rotatable bonds is 4. The van der Waals surface area contributed by atoms with Crippen LogP contribution in [0.25, 0.3) is 0 Å². The van der Waals surface area contributed by atoms with Crippen LogP contribution in [0, 0.1) is 0 Å². The van der Waals surface area contributed by atoms with Gasteiger partial charge in [-0.3, -0.25) is 9.89 Å². The summed E-state index contributed by atoms with van der Waals surface area (Å²) in [6, 6.07) is 0. The van der Waals surface area contributed by atoms with Gasteiger partial charge in [-0.1, -0.05) is 0 Å². The highest BCUT2D eigenvalue weighted by Crippen LogP contribution is 2.08. The lowest BCUT2D eigenvalue weighted by molar-refractivity contribution is 0.0117. The topological polar surface area (TPSA) is 96.7 Å². The number of hydrogen-bond donors (Lipinski definition) is 3. The normalized spacial score (nSPS) is 11.4. The van der Waals surface area contributed by atoms with Crippen molar-refractivity contribution in [2.24, 2.45) is 5.73 Å². The Morgan fingerprint density at radius 2 is 2.43 bits per heavy atom. The summed E-state index contributed by atoms with van der Waals surface area (Å²) in [6.45, 7) is -1.63. The molecule has 0 aliphatic carbocycles. The molecule has 4 N–H and O–H groups in total. The summed E-state index contributed by atoms with van der Waals surface area (Å²) in [5.41, 5.74) is 4.77. The van der Waals surface area contributed by atoms with Gasteiger partial charge in [0.15, 0.2) is 0 Å². The summed E-state index contributed by atoms with van der Waals surface area (Å²) in [5.74, 6) is -3.95. The number of nitrogens with zero attached hydrogens (tertiary/aromatic N) is 2. The Bertz CT molecular complexity index is 299. The summed E-state index contributed by atoms with van der Waals surface area (Å²) in [6.07, 6.45) is 1.11. The van der Waals surface area contributed by atoms with Crippen molar-refractivity contribution in [2.45, 2.75) is 5.92 Å². The van der Waals surface area contributed by atoms with Gasteiger partial charge in [0.05, 0.1) is 13.1 Å². The van der Waals surface area contributed by atoms with Crippen molar-refractivity contribution < 1.29 is 13.6 Å². The van der Waals surface area contributed by atoms with Crippen LogP contribution < -0.4 is 11.1 Å². The summed E-state index contributed by atoms with van der Waals surface area (Å²) in [7, 11) is 0. The van der Waals surface area contributed by atoms with E-state index in [-0.39, 0.29) is 5.82 Å². The molecule has 1 aromatic rings. The van der Waals surface area contributed by atoms with Crippen LogP contribution in [0.3, 0.4) is 0 Å². The van der Waals surface area contributed by atoms with Gasteiger partial charge in [-0.05, 0) is 0 Å². The van der Waals surface area contributed by atoms with Gasteiger partial charge in [-0.2, -0.15) is 5.10 Å². The summed E-state index contributed by atoms with van der Waals surface area (Å²) in [5, 5.41) is 7.61. The lowest BCUT2D eigenvalue weighted by Gasteiger charge is -2.13. The molecule has 1 rings (SSSR count). The van der Waals surface area contributed by atoms with Gasteiger partial charge < -0.3 is 11.1 Å². The van der Waals surface area contributed by atoms with Crippen LogP contribution in [0.4, 0.5) is 8.78 Å². The predicted molar refractivity (Wildman–Crippen MR) is 42.7 cm³/mol. The van der Waals surface area contributed by atoms with Gasteiger partial charge in [-0.15, -0.1) is 0 Å². The zero-order chi connectivity index (χ0) is 10.6. The van der Waals surface area contributed by atoms with Crippen molar-refractivity contribution in [1.82, 2.24) is 20.5 Å². The second-order valence-corrected chi connectivity index (χ2v) is 2.58. The van der Waals surface area contributed by atoms with Crippen LogP contribution in [0.15, 0.2) is 6.33 Å². The molecular weight excluding hydrogens is 196 g/mol. The molecule has 0 bridgehead atoms. The molecule has 1 amide bonds. The summed E-state index contributed by atoms with van der Waals surface area (Å²) >= 11 is 0. The molecular formula is C6H9F2N5O. The smallest absolute Gasteiger partial charge is 0.288 e. The highest BCUT2D eigenvalue weighted by molar-refractivity contribution is 5.90. The van der Waals surface area contributed by atoms with Crippen molar-refractivity contribution in [3.63, 3.8) is 0 Å². The van der Waals surface area contributed by atoms with E-state index >= 15 is 0 Å². The van der Waals surface area contributed by atoms with E-state index in [2.05, 4.69) is 15.2 Å². The monoisotopic (exact) mass is 205 g/mol. The van der Waals surface area contributed by atoms with Crippen LogP contribution in [-0.4, -0.2) is 40.1 Å². The van der Waals surface area contributed by atoms with E-state index < -0.39 is 24.9 Å². The third kappa shape index (κ3) is 2.73. The van der Waals surface area contributed by atoms with E-state index in [0.717, 1.165) is 6.33 Å². The van der Waals surface area contributed by atoms with E-state index in [0.29, 0.717) is 0 Å². The van der Waals surface area contributed by atoms with Crippen LogP contribution in [0.2, 0.25) is 0 Å². The average molecular weight is 205 g/mol. The fourth-order valence-corrected chi connectivity index (χ4v) is 0.680. The molecule has 0 unspecified atom stereocenters. The Balaban J connectivity index is 2.43. The number of H-pyrrole nitrogens is 1. The molecule has 0 saturated heterocycles. The van der Waals surface area contributed by atoms with Gasteiger partial charge >= 0.3 is 0 Å². The maximum absolute atomic E-state index is 12.6. The highest BCUT2D eigenvalue weighted by Gasteiger charge is 2.27. The van der Waals surface area contributed by atoms with Crippen molar-refractivity contribution >= 4 is 5.91 Å². The van der Waals surface area contributed by atoms with Gasteiger partial charge in [-0.25, -0.2) is 13.8 Å². The first-order chi connectivity index (χ1) is 6.55. The van der Waals surface area contributed by atoms with Crippen molar-refractivity contribution in [3.05, 3.63) is 12.2 Å². The molecule has 14 heavy (non-hydrogen) atoms. The number of nitrogens with one attached hydrogen (secondary N) is 2. The Hall–Kier alpha value is -1.57. The first-order valence-electron chi connectivity index (χ1n) is 3.76. The molecule has 0 saturated carbocycles. The van der Waals surface area contributed by atoms with E-state index in [1.54, 1.807) is 0 Å². The van der Waals surface area contributed by atoms with Gasteiger partial charge in [0, 0.05) is 0 Å². The maximum Gasteiger partial charge on any atom is 0.288 e. The number of aromatic amines is 1. The minimum absolute atomic E-state index is 0.113. The molecule has 0 aromatic carbocycles. The summed E-state index contributed by atoms with van der Waals surface area (Å²) < 4.78 is 25.1. The van der Waals surface area contributed by atoms with Gasteiger partial charge in [0.2, 0.25) is 5.82 Å². The van der Waals surface area contributed by atoms with E-state index in [9.17, 15) is 13.6 Å². The minimum atomic E-state index is -3.10. The van der Waals surface area contributed by atoms with E-state index in [4.69, 9.17) is 5.73 Å². The number of carbonyl (C=O) groups excluding carboxylic acids is 1. The van der Waals surface area contributed by atoms with Crippen molar-refractivity contribution in [1.29, 1.82) is 0 Å². The number of carbonyl (C=O) groups is 1. The van der Waals surface area contributed by atoms with E-state index in [1.807, 2.05) is 5.32 Å². The molecule has 0 aliphatic rings. The number of aromatic nitrogens is 3. The second kappa shape index (κ2) is 4.09. The molecule has 1 aromatic heterocycles. The number of amides is 1. The second-order valence-electron chi connectivity index (χ2n) is 2.58. The molecule has 0 atom stereocenters. The largest absolute Gasteiger partial charge is 0.343 e. The zero-order valence-corrected chi connectivity index (χ0v) is 7.13. The third-order valence-electron chi connectivity index (χ3n) is 1.44. The van der Waals surface area contributed by atoms with E-state index in [1.165, 1.54) is 0 Å². The van der Waals surface area contributed by atoms with Crippen LogP contribution in [0.1, 0.15) is 10.6 Å². The Labute approximate surface area is 77.9 Å². The van der Waals surface area contributed by atoms with Crippen molar-refractivity contribution in [3.8, 4) is 0 Å². The molecule has 8 heteroatoms. The van der Waals surface area contributed by atoms with Crippen LogP contribution in [0.5, 0.6) is 0 Å². The van der Waals surface area contributed by atoms with Crippen molar-refractivity contribution in [2.75, 3.05) is 13.1 Å². The fraction of sp³-hybridized carbons (Fsp3) is 0.500. The Morgan fingerprint density at radius 3 is 2.93 bits per heavy atom. The molecule has 0 radical (unpaired) electrons. The SMILES string of the molecule is NCC(F)(F)CNC(=O)c1ncn[nH]1. The Kier molecular flexibility index (Phi) is 3.07.